The second kappa shape index (κ2) is 3.86. The van der Waals surface area contributed by atoms with Crippen LogP contribution in [0.3, 0.4) is 0 Å². The van der Waals surface area contributed by atoms with E-state index in [9.17, 15) is 4.39 Å². The van der Waals surface area contributed by atoms with Crippen molar-refractivity contribution in [2.24, 2.45) is 0 Å². The van der Waals surface area contributed by atoms with Crippen molar-refractivity contribution in [2.75, 3.05) is 0 Å². The molecule has 0 aliphatic heterocycles. The quantitative estimate of drug-likeness (QED) is 0.678. The zero-order valence-corrected chi connectivity index (χ0v) is 8.75. The van der Waals surface area contributed by atoms with Crippen molar-refractivity contribution in [3.8, 4) is 17.0 Å². The van der Waals surface area contributed by atoms with Crippen molar-refractivity contribution < 1.29 is 8.81 Å². The molecule has 3 aromatic rings. The maximum absolute atomic E-state index is 13.9. The third kappa shape index (κ3) is 1.71. The summed E-state index contributed by atoms with van der Waals surface area (Å²) in [4.78, 5) is 3.78. The average Bonchev–Trinajstić information content (AvgIpc) is 3.02. The molecule has 5 heteroatoms. The van der Waals surface area contributed by atoms with Crippen LogP contribution in [-0.4, -0.2) is 14.8 Å². The fraction of sp³-hybridized carbons (Fsp3) is 0. The van der Waals surface area contributed by atoms with Gasteiger partial charge in [0.15, 0.2) is 0 Å². The molecule has 2 heterocycles. The number of furan rings is 1. The molecule has 1 aromatic carbocycles. The first-order chi connectivity index (χ1) is 8.34. The summed E-state index contributed by atoms with van der Waals surface area (Å²) in [5.74, 6) is 0.262. The van der Waals surface area contributed by atoms with Gasteiger partial charge in [0.2, 0.25) is 0 Å². The minimum absolute atomic E-state index is 0.359. The number of rotatable bonds is 2. The number of hydrogen-bond donors (Lipinski definition) is 0. The van der Waals surface area contributed by atoms with Gasteiger partial charge in [0, 0.05) is 5.56 Å². The number of nitrogens with zero attached hydrogens (tertiary/aromatic N) is 3. The molecule has 0 atom stereocenters. The fourth-order valence-electron chi connectivity index (χ4n) is 1.62. The Labute approximate surface area is 96.3 Å². The Bertz CT molecular complexity index is 617. The highest BCUT2D eigenvalue weighted by molar-refractivity contribution is 5.59. The lowest BCUT2D eigenvalue weighted by atomic mass is 10.1. The van der Waals surface area contributed by atoms with Crippen LogP contribution in [0.1, 0.15) is 0 Å². The van der Waals surface area contributed by atoms with Crippen molar-refractivity contribution >= 4 is 0 Å². The SMILES string of the molecule is Fc1cc(-c2ccco2)ccc1-n1cncn1. The van der Waals surface area contributed by atoms with Crippen molar-refractivity contribution in [2.45, 2.75) is 0 Å². The van der Waals surface area contributed by atoms with E-state index in [1.807, 2.05) is 0 Å². The van der Waals surface area contributed by atoms with Gasteiger partial charge in [-0.1, -0.05) is 0 Å². The van der Waals surface area contributed by atoms with Gasteiger partial charge in [0.25, 0.3) is 0 Å². The lowest BCUT2D eigenvalue weighted by Crippen LogP contribution is -1.98. The van der Waals surface area contributed by atoms with Gasteiger partial charge in [-0.25, -0.2) is 14.1 Å². The molecule has 0 radical (unpaired) electrons. The van der Waals surface area contributed by atoms with E-state index in [2.05, 4.69) is 10.1 Å². The van der Waals surface area contributed by atoms with Crippen LogP contribution >= 0.6 is 0 Å². The summed E-state index contributed by atoms with van der Waals surface area (Å²) < 4.78 is 20.5. The molecule has 17 heavy (non-hydrogen) atoms. The summed E-state index contributed by atoms with van der Waals surface area (Å²) in [6.07, 6.45) is 4.36. The van der Waals surface area contributed by atoms with E-state index in [1.165, 1.54) is 23.4 Å². The third-order valence-electron chi connectivity index (χ3n) is 2.42. The monoisotopic (exact) mass is 229 g/mol. The molecule has 0 aliphatic carbocycles. The standard InChI is InChI=1S/C12H8FN3O/c13-10-6-9(12-2-1-5-17-12)3-4-11(10)16-8-14-7-15-16/h1-8H. The molecule has 0 fully saturated rings. The summed E-state index contributed by atoms with van der Waals surface area (Å²) in [5.41, 5.74) is 1.05. The Hall–Kier alpha value is -2.43. The van der Waals surface area contributed by atoms with E-state index in [1.54, 1.807) is 30.5 Å². The van der Waals surface area contributed by atoms with Crippen LogP contribution in [-0.2, 0) is 0 Å². The second-order valence-electron chi connectivity index (χ2n) is 3.48. The maximum Gasteiger partial charge on any atom is 0.149 e. The van der Waals surface area contributed by atoms with Gasteiger partial charge in [-0.2, -0.15) is 5.10 Å². The van der Waals surface area contributed by atoms with E-state index in [4.69, 9.17) is 4.42 Å². The minimum atomic E-state index is -0.371. The number of aromatic nitrogens is 3. The maximum atomic E-state index is 13.9. The molecule has 0 saturated heterocycles. The largest absolute Gasteiger partial charge is 0.464 e. The first-order valence-electron chi connectivity index (χ1n) is 5.03. The zero-order valence-electron chi connectivity index (χ0n) is 8.75. The van der Waals surface area contributed by atoms with Crippen LogP contribution < -0.4 is 0 Å². The van der Waals surface area contributed by atoms with E-state index in [0.717, 1.165) is 0 Å². The molecular weight excluding hydrogens is 221 g/mol. The molecule has 84 valence electrons. The fourth-order valence-corrected chi connectivity index (χ4v) is 1.62. The molecule has 0 saturated carbocycles. The third-order valence-corrected chi connectivity index (χ3v) is 2.42. The summed E-state index contributed by atoms with van der Waals surface area (Å²) in [6, 6.07) is 8.37. The van der Waals surface area contributed by atoms with Crippen LogP contribution in [0.2, 0.25) is 0 Å². The molecule has 0 aliphatic rings. The van der Waals surface area contributed by atoms with Gasteiger partial charge >= 0.3 is 0 Å². The second-order valence-corrected chi connectivity index (χ2v) is 3.48. The van der Waals surface area contributed by atoms with Crippen molar-refractivity contribution in [1.82, 2.24) is 14.8 Å². The summed E-state index contributed by atoms with van der Waals surface area (Å²) >= 11 is 0. The minimum Gasteiger partial charge on any atom is -0.464 e. The van der Waals surface area contributed by atoms with Gasteiger partial charge < -0.3 is 4.42 Å². The summed E-state index contributed by atoms with van der Waals surface area (Å²) in [6.45, 7) is 0. The van der Waals surface area contributed by atoms with Crippen molar-refractivity contribution in [1.29, 1.82) is 0 Å². The molecule has 4 nitrogen and oxygen atoms in total. The van der Waals surface area contributed by atoms with Gasteiger partial charge in [0.05, 0.1) is 6.26 Å². The Kier molecular flexibility index (Phi) is 2.22. The number of benzene rings is 1. The lowest BCUT2D eigenvalue weighted by Gasteiger charge is -2.03. The van der Waals surface area contributed by atoms with E-state index < -0.39 is 0 Å². The molecular formula is C12H8FN3O. The Morgan fingerprint density at radius 1 is 1.24 bits per heavy atom. The predicted molar refractivity (Wildman–Crippen MR) is 59.0 cm³/mol. The Balaban J connectivity index is 2.06. The summed E-state index contributed by atoms with van der Waals surface area (Å²) in [5, 5.41) is 3.88. The first-order valence-corrected chi connectivity index (χ1v) is 5.03. The summed E-state index contributed by atoms with van der Waals surface area (Å²) in [7, 11) is 0. The van der Waals surface area contributed by atoms with Crippen LogP contribution in [0.5, 0.6) is 0 Å². The first kappa shape index (κ1) is 9.77. The van der Waals surface area contributed by atoms with Gasteiger partial charge in [-0.3, -0.25) is 0 Å². The molecule has 0 spiro atoms. The van der Waals surface area contributed by atoms with Crippen LogP contribution in [0.15, 0.2) is 53.7 Å². The lowest BCUT2D eigenvalue weighted by molar-refractivity contribution is 0.579. The molecule has 0 bridgehead atoms. The number of hydrogen-bond acceptors (Lipinski definition) is 3. The van der Waals surface area contributed by atoms with Crippen molar-refractivity contribution in [3.63, 3.8) is 0 Å². The highest BCUT2D eigenvalue weighted by Gasteiger charge is 2.08. The molecule has 0 N–H and O–H groups in total. The van der Waals surface area contributed by atoms with Gasteiger partial charge in [0.1, 0.15) is 29.9 Å². The highest BCUT2D eigenvalue weighted by atomic mass is 19.1. The molecule has 2 aromatic heterocycles. The van der Waals surface area contributed by atoms with Gasteiger partial charge in [-0.05, 0) is 30.3 Å². The Morgan fingerprint density at radius 2 is 2.18 bits per heavy atom. The normalized spacial score (nSPS) is 10.6. The van der Waals surface area contributed by atoms with E-state index >= 15 is 0 Å². The smallest absolute Gasteiger partial charge is 0.149 e. The van der Waals surface area contributed by atoms with Crippen LogP contribution in [0.4, 0.5) is 4.39 Å². The average molecular weight is 229 g/mol. The van der Waals surface area contributed by atoms with Gasteiger partial charge in [-0.15, -0.1) is 0 Å². The predicted octanol–water partition coefficient (Wildman–Crippen LogP) is 2.67. The van der Waals surface area contributed by atoms with Crippen LogP contribution in [0.25, 0.3) is 17.0 Å². The zero-order chi connectivity index (χ0) is 11.7. The molecule has 3 rings (SSSR count). The van der Waals surface area contributed by atoms with Crippen LogP contribution in [0, 0.1) is 5.82 Å². The topological polar surface area (TPSA) is 43.9 Å². The molecule has 0 unspecified atom stereocenters. The molecule has 0 amide bonds. The van der Waals surface area contributed by atoms with Crippen molar-refractivity contribution in [3.05, 3.63) is 55.1 Å². The number of halogens is 1. The highest BCUT2D eigenvalue weighted by Crippen LogP contribution is 2.23. The van der Waals surface area contributed by atoms with E-state index in [0.29, 0.717) is 17.0 Å². The van der Waals surface area contributed by atoms with E-state index in [-0.39, 0.29) is 5.82 Å². The Morgan fingerprint density at radius 3 is 2.82 bits per heavy atom.